The van der Waals surface area contributed by atoms with Gasteiger partial charge in [0.05, 0.1) is 0 Å². The third-order valence-corrected chi connectivity index (χ3v) is 3.81. The first-order valence-corrected chi connectivity index (χ1v) is 7.96. The smallest absolute Gasteiger partial charge is 0.292 e. The van der Waals surface area contributed by atoms with Gasteiger partial charge in [0.15, 0.2) is 0 Å². The van der Waals surface area contributed by atoms with Crippen molar-refractivity contribution in [1.82, 2.24) is 0 Å². The molecule has 0 aliphatic heterocycles. The normalized spacial score (nSPS) is 11.0. The molecule has 0 aliphatic carbocycles. The van der Waals surface area contributed by atoms with Crippen LogP contribution in [-0.4, -0.2) is 14.3 Å². The van der Waals surface area contributed by atoms with Crippen LogP contribution in [0.2, 0.25) is 19.1 Å². The SMILES string of the molecule is C=CC[Si](C)(C)OC(=O)CCCC. The van der Waals surface area contributed by atoms with Crippen molar-refractivity contribution in [1.29, 1.82) is 0 Å². The molecule has 0 bridgehead atoms. The highest BCUT2D eigenvalue weighted by molar-refractivity contribution is 6.73. The van der Waals surface area contributed by atoms with Crippen molar-refractivity contribution in [3.8, 4) is 0 Å². The summed E-state index contributed by atoms with van der Waals surface area (Å²) in [6.45, 7) is 9.81. The molecule has 0 aromatic heterocycles. The first kappa shape index (κ1) is 12.4. The minimum atomic E-state index is -1.78. The lowest BCUT2D eigenvalue weighted by Crippen LogP contribution is -2.32. The highest BCUT2D eigenvalue weighted by Crippen LogP contribution is 2.13. The Hall–Kier alpha value is -0.573. The average molecular weight is 200 g/mol. The van der Waals surface area contributed by atoms with Crippen LogP contribution in [0, 0.1) is 0 Å². The molecule has 76 valence electrons. The van der Waals surface area contributed by atoms with Crippen molar-refractivity contribution in [3.05, 3.63) is 12.7 Å². The molecule has 0 aromatic rings. The molecule has 0 unspecified atom stereocenters. The van der Waals surface area contributed by atoms with E-state index in [2.05, 4.69) is 13.5 Å². The van der Waals surface area contributed by atoms with Crippen LogP contribution in [0.5, 0.6) is 0 Å². The van der Waals surface area contributed by atoms with Gasteiger partial charge in [-0.3, -0.25) is 4.79 Å². The zero-order chi connectivity index (χ0) is 10.3. The maximum absolute atomic E-state index is 11.3. The first-order chi connectivity index (χ1) is 6.02. The van der Waals surface area contributed by atoms with Gasteiger partial charge in [-0.15, -0.1) is 6.58 Å². The van der Waals surface area contributed by atoms with Gasteiger partial charge in [0.2, 0.25) is 0 Å². The van der Waals surface area contributed by atoms with Crippen molar-refractivity contribution in [3.63, 3.8) is 0 Å². The summed E-state index contributed by atoms with van der Waals surface area (Å²) in [7, 11) is -1.78. The van der Waals surface area contributed by atoms with Crippen LogP contribution >= 0.6 is 0 Å². The van der Waals surface area contributed by atoms with Crippen LogP contribution in [0.4, 0.5) is 0 Å². The molecular formula is C10H20O2Si. The number of carbonyl (C=O) groups is 1. The van der Waals surface area contributed by atoms with Gasteiger partial charge in [0, 0.05) is 6.42 Å². The Morgan fingerprint density at radius 3 is 2.62 bits per heavy atom. The highest BCUT2D eigenvalue weighted by atomic mass is 28.4. The van der Waals surface area contributed by atoms with Crippen LogP contribution in [0.1, 0.15) is 26.2 Å². The molecule has 0 atom stereocenters. The molecule has 0 amide bonds. The fraction of sp³-hybridized carbons (Fsp3) is 0.700. The second-order valence-corrected chi connectivity index (χ2v) is 7.96. The van der Waals surface area contributed by atoms with Gasteiger partial charge in [0.25, 0.3) is 14.3 Å². The van der Waals surface area contributed by atoms with Crippen molar-refractivity contribution >= 4 is 14.3 Å². The van der Waals surface area contributed by atoms with Gasteiger partial charge >= 0.3 is 0 Å². The molecule has 0 heterocycles. The molecule has 0 radical (unpaired) electrons. The molecule has 0 fully saturated rings. The molecule has 3 heteroatoms. The number of unbranched alkanes of at least 4 members (excludes halogenated alkanes) is 1. The lowest BCUT2D eigenvalue weighted by Gasteiger charge is -2.20. The molecule has 0 aliphatic rings. The van der Waals surface area contributed by atoms with Crippen molar-refractivity contribution in [2.75, 3.05) is 0 Å². The second-order valence-electron chi connectivity index (χ2n) is 3.83. The number of rotatable bonds is 6. The fourth-order valence-corrected chi connectivity index (χ4v) is 2.57. The monoisotopic (exact) mass is 200 g/mol. The number of hydrogen-bond acceptors (Lipinski definition) is 2. The molecule has 0 saturated heterocycles. The summed E-state index contributed by atoms with van der Waals surface area (Å²) < 4.78 is 5.41. The molecule has 0 spiro atoms. The zero-order valence-electron chi connectivity index (χ0n) is 8.93. The Morgan fingerprint density at radius 1 is 1.54 bits per heavy atom. The molecule has 13 heavy (non-hydrogen) atoms. The lowest BCUT2D eigenvalue weighted by molar-refractivity contribution is -0.135. The van der Waals surface area contributed by atoms with Gasteiger partial charge in [-0.25, -0.2) is 0 Å². The van der Waals surface area contributed by atoms with E-state index in [0.717, 1.165) is 18.9 Å². The van der Waals surface area contributed by atoms with Crippen LogP contribution < -0.4 is 0 Å². The number of allylic oxidation sites excluding steroid dienone is 1. The van der Waals surface area contributed by atoms with E-state index in [4.69, 9.17) is 4.43 Å². The van der Waals surface area contributed by atoms with Gasteiger partial charge in [-0.1, -0.05) is 19.4 Å². The average Bonchev–Trinajstić information content (AvgIpc) is 1.99. The zero-order valence-corrected chi connectivity index (χ0v) is 9.93. The Morgan fingerprint density at radius 2 is 2.15 bits per heavy atom. The third-order valence-electron chi connectivity index (χ3n) is 1.76. The summed E-state index contributed by atoms with van der Waals surface area (Å²) in [6, 6.07) is 0.838. The van der Waals surface area contributed by atoms with E-state index in [-0.39, 0.29) is 5.97 Å². The molecule has 0 aromatic carbocycles. The standard InChI is InChI=1S/C10H20O2Si/c1-5-7-8-10(11)12-13(3,4)9-6-2/h6H,2,5,7-9H2,1,3-4H3. The summed E-state index contributed by atoms with van der Waals surface area (Å²) in [5, 5.41) is 0. The molecular weight excluding hydrogens is 180 g/mol. The lowest BCUT2D eigenvalue weighted by atomic mass is 10.3. The van der Waals surface area contributed by atoms with E-state index in [1.807, 2.05) is 19.2 Å². The minimum Gasteiger partial charge on any atom is -0.519 e. The third kappa shape index (κ3) is 6.58. The Labute approximate surface area is 82.1 Å². The first-order valence-electron chi connectivity index (χ1n) is 4.84. The van der Waals surface area contributed by atoms with Gasteiger partial charge < -0.3 is 4.43 Å². The second kappa shape index (κ2) is 5.97. The maximum atomic E-state index is 11.3. The Kier molecular flexibility index (Phi) is 5.71. The molecule has 2 nitrogen and oxygen atoms in total. The molecule has 0 rings (SSSR count). The minimum absolute atomic E-state index is 0.0413. The van der Waals surface area contributed by atoms with Crippen LogP contribution in [0.3, 0.4) is 0 Å². The van der Waals surface area contributed by atoms with Gasteiger partial charge in [-0.05, 0) is 25.6 Å². The fourth-order valence-electron chi connectivity index (χ4n) is 1.07. The van der Waals surface area contributed by atoms with Gasteiger partial charge in [-0.2, -0.15) is 0 Å². The van der Waals surface area contributed by atoms with E-state index < -0.39 is 8.32 Å². The summed E-state index contributed by atoms with van der Waals surface area (Å²) in [4.78, 5) is 11.3. The summed E-state index contributed by atoms with van der Waals surface area (Å²) in [5.74, 6) is -0.0413. The summed E-state index contributed by atoms with van der Waals surface area (Å²) >= 11 is 0. The predicted octanol–water partition coefficient (Wildman–Crippen LogP) is 3.11. The topological polar surface area (TPSA) is 26.3 Å². The largest absolute Gasteiger partial charge is 0.519 e. The van der Waals surface area contributed by atoms with Crippen LogP contribution in [0.15, 0.2) is 12.7 Å². The summed E-state index contributed by atoms with van der Waals surface area (Å²) in [5.41, 5.74) is 0. The van der Waals surface area contributed by atoms with Gasteiger partial charge in [0.1, 0.15) is 0 Å². The Balaban J connectivity index is 3.81. The molecule has 0 N–H and O–H groups in total. The van der Waals surface area contributed by atoms with Crippen molar-refractivity contribution in [2.45, 2.75) is 45.3 Å². The predicted molar refractivity (Wildman–Crippen MR) is 58.1 cm³/mol. The number of carbonyl (C=O) groups excluding carboxylic acids is 1. The summed E-state index contributed by atoms with van der Waals surface area (Å²) in [6.07, 6.45) is 4.36. The van der Waals surface area contributed by atoms with E-state index in [9.17, 15) is 4.79 Å². The van der Waals surface area contributed by atoms with Crippen LogP contribution in [0.25, 0.3) is 0 Å². The van der Waals surface area contributed by atoms with Crippen molar-refractivity contribution < 1.29 is 9.22 Å². The Bertz CT molecular complexity index is 176. The van der Waals surface area contributed by atoms with Crippen molar-refractivity contribution in [2.24, 2.45) is 0 Å². The van der Waals surface area contributed by atoms with E-state index in [1.54, 1.807) is 0 Å². The quantitative estimate of drug-likeness (QED) is 0.486. The van der Waals surface area contributed by atoms with E-state index in [1.165, 1.54) is 0 Å². The van der Waals surface area contributed by atoms with E-state index in [0.29, 0.717) is 6.42 Å². The number of hydrogen-bond donors (Lipinski definition) is 0. The molecule has 0 saturated carbocycles. The highest BCUT2D eigenvalue weighted by Gasteiger charge is 2.24. The van der Waals surface area contributed by atoms with E-state index >= 15 is 0 Å². The van der Waals surface area contributed by atoms with Crippen LogP contribution in [-0.2, 0) is 9.22 Å². The maximum Gasteiger partial charge on any atom is 0.292 e.